The van der Waals surface area contributed by atoms with Gasteiger partial charge in [0.2, 0.25) is 0 Å². The molecule has 0 unspecified atom stereocenters. The molecule has 0 saturated carbocycles. The second-order valence-electron chi connectivity index (χ2n) is 6.41. The Morgan fingerprint density at radius 1 is 1.37 bits per heavy atom. The number of nitrogens with zero attached hydrogens (tertiary/aromatic N) is 5. The summed E-state index contributed by atoms with van der Waals surface area (Å²) in [6, 6.07) is 5.70. The van der Waals surface area contributed by atoms with Crippen LogP contribution in [0.25, 0.3) is 5.65 Å². The standard InChI is InChI=1S/C18H22N6O2S/c1-22(12-15-11-19-16-4-2-3-5-24(15)16)17(25)20-10-14-13-27-18(21-14)23-6-8-26-9-7-23/h2-5,11,13H,6-10,12H2,1H3,(H,20,25). The number of thiazole rings is 1. The van der Waals surface area contributed by atoms with Crippen molar-refractivity contribution in [3.8, 4) is 0 Å². The van der Waals surface area contributed by atoms with E-state index in [4.69, 9.17) is 4.74 Å². The van der Waals surface area contributed by atoms with Gasteiger partial charge in [0.1, 0.15) is 5.65 Å². The quantitative estimate of drug-likeness (QED) is 0.726. The summed E-state index contributed by atoms with van der Waals surface area (Å²) in [5.41, 5.74) is 2.71. The molecule has 1 N–H and O–H groups in total. The first-order chi connectivity index (χ1) is 13.2. The summed E-state index contributed by atoms with van der Waals surface area (Å²) in [6.07, 6.45) is 3.75. The van der Waals surface area contributed by atoms with E-state index in [0.29, 0.717) is 13.1 Å². The number of imidazole rings is 1. The van der Waals surface area contributed by atoms with Crippen LogP contribution < -0.4 is 10.2 Å². The maximum atomic E-state index is 12.4. The number of nitrogens with one attached hydrogen (secondary N) is 1. The van der Waals surface area contributed by atoms with Crippen molar-refractivity contribution in [2.75, 3.05) is 38.3 Å². The van der Waals surface area contributed by atoms with Crippen LogP contribution in [0.5, 0.6) is 0 Å². The summed E-state index contributed by atoms with van der Waals surface area (Å²) in [5.74, 6) is 0. The monoisotopic (exact) mass is 386 g/mol. The molecule has 4 rings (SSSR count). The number of anilines is 1. The third kappa shape index (κ3) is 4.04. The Kier molecular flexibility index (Phi) is 5.21. The van der Waals surface area contributed by atoms with Crippen molar-refractivity contribution in [3.63, 3.8) is 0 Å². The normalized spacial score (nSPS) is 14.5. The molecule has 27 heavy (non-hydrogen) atoms. The molecule has 8 nitrogen and oxygen atoms in total. The largest absolute Gasteiger partial charge is 0.378 e. The van der Waals surface area contributed by atoms with E-state index in [1.165, 1.54) is 0 Å². The van der Waals surface area contributed by atoms with E-state index in [0.717, 1.165) is 48.5 Å². The van der Waals surface area contributed by atoms with Gasteiger partial charge in [-0.3, -0.25) is 0 Å². The number of carbonyl (C=O) groups excluding carboxylic acids is 1. The van der Waals surface area contributed by atoms with Crippen molar-refractivity contribution in [2.45, 2.75) is 13.1 Å². The summed E-state index contributed by atoms with van der Waals surface area (Å²) in [7, 11) is 1.78. The van der Waals surface area contributed by atoms with Crippen molar-refractivity contribution in [1.29, 1.82) is 0 Å². The average Bonchev–Trinajstić information content (AvgIpc) is 3.34. The molecule has 9 heteroatoms. The van der Waals surface area contributed by atoms with E-state index in [1.807, 2.05) is 34.2 Å². The summed E-state index contributed by atoms with van der Waals surface area (Å²) < 4.78 is 7.35. The highest BCUT2D eigenvalue weighted by atomic mass is 32.1. The SMILES string of the molecule is CN(Cc1cnc2ccccn12)C(=O)NCc1csc(N2CCOCC2)n1. The molecule has 0 spiro atoms. The van der Waals surface area contributed by atoms with Gasteiger partial charge >= 0.3 is 6.03 Å². The summed E-state index contributed by atoms with van der Waals surface area (Å²) >= 11 is 1.60. The molecule has 142 valence electrons. The van der Waals surface area contributed by atoms with Crippen LogP contribution in [-0.2, 0) is 17.8 Å². The summed E-state index contributed by atoms with van der Waals surface area (Å²) in [5, 5.41) is 5.92. The lowest BCUT2D eigenvalue weighted by Crippen LogP contribution is -2.37. The number of pyridine rings is 1. The Morgan fingerprint density at radius 2 is 2.22 bits per heavy atom. The van der Waals surface area contributed by atoms with Crippen LogP contribution in [0.3, 0.4) is 0 Å². The number of aromatic nitrogens is 3. The summed E-state index contributed by atoms with van der Waals surface area (Å²) in [6.45, 7) is 4.09. The van der Waals surface area contributed by atoms with Crippen molar-refractivity contribution in [1.82, 2.24) is 24.6 Å². The Bertz CT molecular complexity index is 917. The van der Waals surface area contributed by atoms with Gasteiger partial charge < -0.3 is 24.3 Å². The second kappa shape index (κ2) is 7.93. The van der Waals surface area contributed by atoms with Crippen LogP contribution in [-0.4, -0.2) is 58.7 Å². The molecule has 2 amide bonds. The number of fused-ring (bicyclic) bond motifs is 1. The number of amides is 2. The fourth-order valence-electron chi connectivity index (χ4n) is 3.00. The number of rotatable bonds is 5. The highest BCUT2D eigenvalue weighted by molar-refractivity contribution is 7.13. The van der Waals surface area contributed by atoms with Crippen LogP contribution in [0.15, 0.2) is 36.0 Å². The lowest BCUT2D eigenvalue weighted by molar-refractivity contribution is 0.122. The van der Waals surface area contributed by atoms with Gasteiger partial charge in [-0.25, -0.2) is 14.8 Å². The lowest BCUT2D eigenvalue weighted by atomic mass is 10.4. The first-order valence-corrected chi connectivity index (χ1v) is 9.76. The Labute approximate surface area is 161 Å². The predicted molar refractivity (Wildman–Crippen MR) is 104 cm³/mol. The Balaban J connectivity index is 1.32. The van der Waals surface area contributed by atoms with Gasteiger partial charge in [-0.05, 0) is 12.1 Å². The van der Waals surface area contributed by atoms with Crippen LogP contribution >= 0.6 is 11.3 Å². The van der Waals surface area contributed by atoms with Gasteiger partial charge in [0.05, 0.1) is 43.9 Å². The highest BCUT2D eigenvalue weighted by Gasteiger charge is 2.16. The van der Waals surface area contributed by atoms with Crippen molar-refractivity contribution in [2.24, 2.45) is 0 Å². The zero-order valence-corrected chi connectivity index (χ0v) is 16.0. The maximum Gasteiger partial charge on any atom is 0.317 e. The van der Waals surface area contributed by atoms with Crippen LogP contribution in [0, 0.1) is 0 Å². The van der Waals surface area contributed by atoms with Gasteiger partial charge in [-0.2, -0.15) is 0 Å². The van der Waals surface area contributed by atoms with E-state index < -0.39 is 0 Å². The maximum absolute atomic E-state index is 12.4. The molecule has 3 aromatic rings. The third-order valence-corrected chi connectivity index (χ3v) is 5.43. The molecule has 0 aromatic carbocycles. The molecule has 4 heterocycles. The zero-order chi connectivity index (χ0) is 18.6. The number of ether oxygens (including phenoxy) is 1. The first kappa shape index (κ1) is 17.7. The van der Waals surface area contributed by atoms with Crippen molar-refractivity contribution >= 4 is 28.1 Å². The van der Waals surface area contributed by atoms with Crippen molar-refractivity contribution in [3.05, 3.63) is 47.4 Å². The Hall–Kier alpha value is -2.65. The average molecular weight is 386 g/mol. The minimum absolute atomic E-state index is 0.137. The van der Waals surface area contributed by atoms with E-state index >= 15 is 0 Å². The minimum atomic E-state index is -0.137. The van der Waals surface area contributed by atoms with E-state index in [2.05, 4.69) is 20.2 Å². The van der Waals surface area contributed by atoms with E-state index in [1.54, 1.807) is 29.5 Å². The number of morpholine rings is 1. The molecular weight excluding hydrogens is 364 g/mol. The van der Waals surface area contributed by atoms with E-state index in [9.17, 15) is 4.79 Å². The molecule has 0 bridgehead atoms. The highest BCUT2D eigenvalue weighted by Crippen LogP contribution is 2.21. The second-order valence-corrected chi connectivity index (χ2v) is 7.25. The fourth-order valence-corrected chi connectivity index (χ4v) is 3.87. The Morgan fingerprint density at radius 3 is 3.07 bits per heavy atom. The molecule has 1 aliphatic rings. The molecular formula is C18H22N6O2S. The molecule has 0 atom stereocenters. The van der Waals surface area contributed by atoms with Gasteiger partial charge in [-0.15, -0.1) is 11.3 Å². The number of hydrogen-bond acceptors (Lipinski definition) is 6. The number of urea groups is 1. The topological polar surface area (TPSA) is 75.0 Å². The fraction of sp³-hybridized carbons (Fsp3) is 0.389. The van der Waals surface area contributed by atoms with Gasteiger partial charge in [0.15, 0.2) is 5.13 Å². The molecule has 1 saturated heterocycles. The van der Waals surface area contributed by atoms with Crippen molar-refractivity contribution < 1.29 is 9.53 Å². The molecule has 1 fully saturated rings. The first-order valence-electron chi connectivity index (χ1n) is 8.88. The lowest BCUT2D eigenvalue weighted by Gasteiger charge is -2.26. The van der Waals surface area contributed by atoms with Crippen LogP contribution in [0.2, 0.25) is 0 Å². The van der Waals surface area contributed by atoms with Gasteiger partial charge in [0, 0.05) is 31.7 Å². The number of carbonyl (C=O) groups is 1. The molecule has 0 radical (unpaired) electrons. The molecule has 0 aliphatic carbocycles. The number of hydrogen-bond donors (Lipinski definition) is 1. The minimum Gasteiger partial charge on any atom is -0.378 e. The van der Waals surface area contributed by atoms with E-state index in [-0.39, 0.29) is 6.03 Å². The summed E-state index contributed by atoms with van der Waals surface area (Å²) in [4.78, 5) is 25.3. The van der Waals surface area contributed by atoms with Gasteiger partial charge in [0.25, 0.3) is 0 Å². The third-order valence-electron chi connectivity index (χ3n) is 4.48. The van der Waals surface area contributed by atoms with Crippen LogP contribution in [0.1, 0.15) is 11.4 Å². The van der Waals surface area contributed by atoms with Crippen LogP contribution in [0.4, 0.5) is 9.93 Å². The molecule has 1 aliphatic heterocycles. The van der Waals surface area contributed by atoms with Gasteiger partial charge in [-0.1, -0.05) is 6.07 Å². The predicted octanol–water partition coefficient (Wildman–Crippen LogP) is 1.97. The smallest absolute Gasteiger partial charge is 0.317 e. The molecule has 3 aromatic heterocycles. The zero-order valence-electron chi connectivity index (χ0n) is 15.2.